The molecule has 2 fully saturated rings. The molecule has 5 nitrogen and oxygen atoms in total. The van der Waals surface area contributed by atoms with E-state index in [9.17, 15) is 9.59 Å². The molecule has 1 unspecified atom stereocenters. The molecule has 0 spiro atoms. The molecule has 0 aliphatic carbocycles. The molecule has 2 aliphatic rings. The third kappa shape index (κ3) is 2.13. The first kappa shape index (κ1) is 11.7. The summed E-state index contributed by atoms with van der Waals surface area (Å²) in [6.45, 7) is 3.13. The number of nitrogens with one attached hydrogen (secondary N) is 1. The Balaban J connectivity index is 1.68. The number of piperazine rings is 2. The van der Waals surface area contributed by atoms with Crippen LogP contribution in [0.2, 0.25) is 0 Å². The molecular formula is C12H15N3O2S. The van der Waals surface area contributed by atoms with Crippen molar-refractivity contribution in [3.05, 3.63) is 22.4 Å². The second-order valence-electron chi connectivity index (χ2n) is 4.69. The van der Waals surface area contributed by atoms with Crippen molar-refractivity contribution in [1.29, 1.82) is 0 Å². The molecule has 2 saturated heterocycles. The number of carbonyl (C=O) groups excluding carboxylic acids is 2. The summed E-state index contributed by atoms with van der Waals surface area (Å²) in [5.74, 6) is 0.0133. The molecule has 1 N–H and O–H groups in total. The fourth-order valence-corrected chi connectivity index (χ4v) is 3.19. The number of hydrogen-bond donors (Lipinski definition) is 1. The van der Waals surface area contributed by atoms with Gasteiger partial charge in [0.15, 0.2) is 0 Å². The van der Waals surface area contributed by atoms with Crippen molar-refractivity contribution in [2.24, 2.45) is 0 Å². The lowest BCUT2D eigenvalue weighted by molar-refractivity contribution is -0.149. The second kappa shape index (κ2) is 4.70. The first-order valence-corrected chi connectivity index (χ1v) is 6.99. The van der Waals surface area contributed by atoms with E-state index in [1.807, 2.05) is 0 Å². The molecule has 18 heavy (non-hydrogen) atoms. The summed E-state index contributed by atoms with van der Waals surface area (Å²) in [4.78, 5) is 27.4. The summed E-state index contributed by atoms with van der Waals surface area (Å²) in [6, 6.07) is 1.79. The zero-order valence-electron chi connectivity index (χ0n) is 9.96. The number of hydrogen-bond acceptors (Lipinski definition) is 4. The van der Waals surface area contributed by atoms with Crippen LogP contribution in [-0.4, -0.2) is 53.8 Å². The van der Waals surface area contributed by atoms with Crippen LogP contribution in [0.4, 0.5) is 0 Å². The predicted molar refractivity (Wildman–Crippen MR) is 68.1 cm³/mol. The van der Waals surface area contributed by atoms with Crippen LogP contribution in [-0.2, 0) is 16.1 Å². The molecule has 1 aromatic heterocycles. The molecule has 3 rings (SSSR count). The van der Waals surface area contributed by atoms with Gasteiger partial charge >= 0.3 is 0 Å². The SMILES string of the molecule is O=C1NCC(=O)N2CCN(Cc3ccsc3)CC12. The van der Waals surface area contributed by atoms with Crippen molar-refractivity contribution in [2.45, 2.75) is 12.6 Å². The summed E-state index contributed by atoms with van der Waals surface area (Å²) in [7, 11) is 0. The number of fused-ring (bicyclic) bond motifs is 1. The van der Waals surface area contributed by atoms with E-state index in [2.05, 4.69) is 27.0 Å². The van der Waals surface area contributed by atoms with E-state index in [1.165, 1.54) is 5.56 Å². The smallest absolute Gasteiger partial charge is 0.244 e. The zero-order chi connectivity index (χ0) is 12.5. The van der Waals surface area contributed by atoms with Gasteiger partial charge in [0, 0.05) is 26.2 Å². The van der Waals surface area contributed by atoms with Crippen LogP contribution >= 0.6 is 11.3 Å². The minimum atomic E-state index is -0.307. The van der Waals surface area contributed by atoms with E-state index in [4.69, 9.17) is 0 Å². The lowest BCUT2D eigenvalue weighted by Gasteiger charge is -2.42. The standard InChI is InChI=1S/C12H15N3O2S/c16-11-5-13-12(17)10-7-14(2-3-15(10)11)6-9-1-4-18-8-9/h1,4,8,10H,2-3,5-7H2,(H,13,17). The van der Waals surface area contributed by atoms with Gasteiger partial charge < -0.3 is 10.2 Å². The molecule has 1 aromatic rings. The monoisotopic (exact) mass is 265 g/mol. The summed E-state index contributed by atoms with van der Waals surface area (Å²) < 4.78 is 0. The van der Waals surface area contributed by atoms with Gasteiger partial charge in [-0.25, -0.2) is 0 Å². The van der Waals surface area contributed by atoms with Crippen molar-refractivity contribution in [3.8, 4) is 0 Å². The molecule has 2 aliphatic heterocycles. The third-order valence-electron chi connectivity index (χ3n) is 3.49. The number of thiophene rings is 1. The van der Waals surface area contributed by atoms with E-state index < -0.39 is 0 Å². The Bertz CT molecular complexity index is 460. The summed E-state index contributed by atoms with van der Waals surface area (Å²) in [6.07, 6.45) is 0. The Morgan fingerprint density at radius 3 is 3.06 bits per heavy atom. The second-order valence-corrected chi connectivity index (χ2v) is 5.47. The first-order chi connectivity index (χ1) is 8.74. The van der Waals surface area contributed by atoms with Crippen LogP contribution in [0, 0.1) is 0 Å². The van der Waals surface area contributed by atoms with Crippen LogP contribution in [0.25, 0.3) is 0 Å². The largest absolute Gasteiger partial charge is 0.345 e. The van der Waals surface area contributed by atoms with Crippen LogP contribution in [0.3, 0.4) is 0 Å². The Hall–Kier alpha value is -1.40. The van der Waals surface area contributed by atoms with Gasteiger partial charge in [-0.3, -0.25) is 14.5 Å². The van der Waals surface area contributed by atoms with Crippen molar-refractivity contribution in [2.75, 3.05) is 26.2 Å². The fraction of sp³-hybridized carbons (Fsp3) is 0.500. The molecule has 1 atom stereocenters. The first-order valence-electron chi connectivity index (χ1n) is 6.04. The third-order valence-corrected chi connectivity index (χ3v) is 4.22. The van der Waals surface area contributed by atoms with E-state index in [1.54, 1.807) is 16.2 Å². The van der Waals surface area contributed by atoms with Gasteiger partial charge in [0.2, 0.25) is 11.8 Å². The average Bonchev–Trinajstić information content (AvgIpc) is 2.87. The zero-order valence-corrected chi connectivity index (χ0v) is 10.8. The van der Waals surface area contributed by atoms with E-state index in [0.29, 0.717) is 13.1 Å². The predicted octanol–water partition coefficient (Wildman–Crippen LogP) is -0.109. The maximum atomic E-state index is 11.8. The molecular weight excluding hydrogens is 250 g/mol. The Kier molecular flexibility index (Phi) is 3.05. The molecule has 2 amide bonds. The van der Waals surface area contributed by atoms with Crippen LogP contribution in [0.5, 0.6) is 0 Å². The maximum Gasteiger partial charge on any atom is 0.244 e. The van der Waals surface area contributed by atoms with E-state index >= 15 is 0 Å². The summed E-state index contributed by atoms with van der Waals surface area (Å²) >= 11 is 1.68. The molecule has 0 radical (unpaired) electrons. The lowest BCUT2D eigenvalue weighted by Crippen LogP contribution is -2.65. The molecule has 6 heteroatoms. The van der Waals surface area contributed by atoms with Crippen molar-refractivity contribution in [1.82, 2.24) is 15.1 Å². The average molecular weight is 265 g/mol. The highest BCUT2D eigenvalue weighted by molar-refractivity contribution is 7.07. The Morgan fingerprint density at radius 2 is 2.28 bits per heavy atom. The summed E-state index contributed by atoms with van der Waals surface area (Å²) in [5.41, 5.74) is 1.27. The molecule has 0 aromatic carbocycles. The number of rotatable bonds is 2. The molecule has 0 saturated carbocycles. The maximum absolute atomic E-state index is 11.8. The Morgan fingerprint density at radius 1 is 1.39 bits per heavy atom. The van der Waals surface area contributed by atoms with Gasteiger partial charge in [-0.1, -0.05) is 0 Å². The quantitative estimate of drug-likeness (QED) is 0.812. The van der Waals surface area contributed by atoms with Gasteiger partial charge in [0.25, 0.3) is 0 Å². The minimum absolute atomic E-state index is 0.0235. The highest BCUT2D eigenvalue weighted by Gasteiger charge is 2.38. The number of carbonyl (C=O) groups is 2. The summed E-state index contributed by atoms with van der Waals surface area (Å²) in [5, 5.41) is 6.84. The Labute approximate surface area is 109 Å². The molecule has 96 valence electrons. The van der Waals surface area contributed by atoms with Crippen molar-refractivity contribution in [3.63, 3.8) is 0 Å². The highest BCUT2D eigenvalue weighted by atomic mass is 32.1. The van der Waals surface area contributed by atoms with Crippen molar-refractivity contribution < 1.29 is 9.59 Å². The van der Waals surface area contributed by atoms with Gasteiger partial charge in [0.05, 0.1) is 6.54 Å². The van der Waals surface area contributed by atoms with Gasteiger partial charge in [0.1, 0.15) is 6.04 Å². The van der Waals surface area contributed by atoms with Gasteiger partial charge in [-0.05, 0) is 22.4 Å². The highest BCUT2D eigenvalue weighted by Crippen LogP contribution is 2.16. The van der Waals surface area contributed by atoms with Crippen LogP contribution in [0.1, 0.15) is 5.56 Å². The van der Waals surface area contributed by atoms with Crippen molar-refractivity contribution >= 4 is 23.2 Å². The van der Waals surface area contributed by atoms with Gasteiger partial charge in [-0.15, -0.1) is 0 Å². The fourth-order valence-electron chi connectivity index (χ4n) is 2.53. The van der Waals surface area contributed by atoms with Crippen LogP contribution < -0.4 is 5.32 Å². The number of nitrogens with zero attached hydrogens (tertiary/aromatic N) is 2. The topological polar surface area (TPSA) is 52.7 Å². The lowest BCUT2D eigenvalue weighted by atomic mass is 10.1. The van der Waals surface area contributed by atoms with E-state index in [-0.39, 0.29) is 24.4 Å². The normalized spacial score (nSPS) is 24.9. The minimum Gasteiger partial charge on any atom is -0.345 e. The van der Waals surface area contributed by atoms with Gasteiger partial charge in [-0.2, -0.15) is 11.3 Å². The molecule has 3 heterocycles. The van der Waals surface area contributed by atoms with Crippen LogP contribution in [0.15, 0.2) is 16.8 Å². The molecule has 0 bridgehead atoms. The number of amides is 2. The van der Waals surface area contributed by atoms with E-state index in [0.717, 1.165) is 13.1 Å².